The minimum atomic E-state index is -4.69. The first-order valence-corrected chi connectivity index (χ1v) is 10.4. The summed E-state index contributed by atoms with van der Waals surface area (Å²) in [6.45, 7) is 3.35. The molecule has 1 amide bonds. The van der Waals surface area contributed by atoms with Gasteiger partial charge in [0.05, 0.1) is 22.6 Å². The zero-order valence-corrected chi connectivity index (χ0v) is 18.0. The van der Waals surface area contributed by atoms with Crippen molar-refractivity contribution in [1.82, 2.24) is 4.98 Å². The lowest BCUT2D eigenvalue weighted by Gasteiger charge is -2.14. The average molecular weight is 457 g/mol. The van der Waals surface area contributed by atoms with Crippen LogP contribution in [0.15, 0.2) is 59.6 Å². The van der Waals surface area contributed by atoms with Crippen LogP contribution in [0.1, 0.15) is 22.4 Å². The van der Waals surface area contributed by atoms with Crippen molar-refractivity contribution in [2.75, 3.05) is 11.1 Å². The molecule has 9 heteroatoms. The topological polar surface area (TPSA) is 75.0 Å². The summed E-state index contributed by atoms with van der Waals surface area (Å²) in [7, 11) is 0. The van der Waals surface area contributed by atoms with E-state index in [2.05, 4.69) is 10.3 Å². The second-order valence-electron chi connectivity index (χ2n) is 6.85. The Labute approximate surface area is 187 Å². The number of anilines is 1. The van der Waals surface area contributed by atoms with E-state index in [4.69, 9.17) is 4.74 Å². The molecule has 2 aromatic carbocycles. The highest BCUT2D eigenvalue weighted by Crippen LogP contribution is 2.36. The number of ether oxygens (including phenoxy) is 1. The minimum absolute atomic E-state index is 0.107. The van der Waals surface area contributed by atoms with E-state index in [0.29, 0.717) is 17.2 Å². The van der Waals surface area contributed by atoms with Crippen molar-refractivity contribution in [2.45, 2.75) is 25.0 Å². The number of nitriles is 1. The number of thioether (sulfide) groups is 1. The van der Waals surface area contributed by atoms with Crippen molar-refractivity contribution in [3.8, 4) is 17.6 Å². The number of pyridine rings is 1. The maximum atomic E-state index is 13.2. The van der Waals surface area contributed by atoms with Crippen LogP contribution in [0.3, 0.4) is 0 Å². The Kier molecular flexibility index (Phi) is 7.05. The summed E-state index contributed by atoms with van der Waals surface area (Å²) in [4.78, 5) is 16.5. The van der Waals surface area contributed by atoms with Gasteiger partial charge in [0.1, 0.15) is 16.8 Å². The molecule has 3 rings (SSSR count). The van der Waals surface area contributed by atoms with Gasteiger partial charge in [0, 0.05) is 5.69 Å². The molecular formula is C23H18F3N3O2S. The van der Waals surface area contributed by atoms with Gasteiger partial charge in [-0.3, -0.25) is 4.79 Å². The predicted molar refractivity (Wildman–Crippen MR) is 116 cm³/mol. The molecule has 3 aromatic rings. The molecule has 0 spiro atoms. The summed E-state index contributed by atoms with van der Waals surface area (Å²) in [5, 5.41) is 11.8. The molecular weight excluding hydrogens is 439 g/mol. The number of benzene rings is 2. The summed E-state index contributed by atoms with van der Waals surface area (Å²) >= 11 is 0.768. The Morgan fingerprint density at radius 2 is 1.84 bits per heavy atom. The third-order valence-electron chi connectivity index (χ3n) is 4.28. The zero-order chi connectivity index (χ0) is 23.3. The molecule has 1 aromatic heterocycles. The van der Waals surface area contributed by atoms with E-state index in [9.17, 15) is 23.2 Å². The third-order valence-corrected chi connectivity index (χ3v) is 5.26. The molecule has 1 heterocycles. The molecule has 0 atom stereocenters. The molecule has 5 nitrogen and oxygen atoms in total. The van der Waals surface area contributed by atoms with Crippen LogP contribution >= 0.6 is 11.8 Å². The number of hydrogen-bond donors (Lipinski definition) is 1. The number of amides is 1. The fraction of sp³-hybridized carbons (Fsp3) is 0.174. The van der Waals surface area contributed by atoms with Crippen LogP contribution in [0.4, 0.5) is 18.9 Å². The van der Waals surface area contributed by atoms with Crippen LogP contribution < -0.4 is 10.1 Å². The van der Waals surface area contributed by atoms with Crippen molar-refractivity contribution in [1.29, 1.82) is 5.26 Å². The maximum absolute atomic E-state index is 13.2. The van der Waals surface area contributed by atoms with Crippen LogP contribution in [0, 0.1) is 25.2 Å². The standard InChI is InChI=1S/C23H18F3N3O2S/c1-14-7-9-16(10-8-14)31-20-6-4-3-5-19(20)29-21(30)13-32-22-17(12-27)18(23(24,25)26)11-15(2)28-22/h3-11H,13H2,1-2H3,(H,29,30). The lowest BCUT2D eigenvalue weighted by atomic mass is 10.1. The van der Waals surface area contributed by atoms with Crippen LogP contribution in [0.2, 0.25) is 0 Å². The van der Waals surface area contributed by atoms with E-state index in [0.717, 1.165) is 23.4 Å². The van der Waals surface area contributed by atoms with Gasteiger partial charge >= 0.3 is 6.18 Å². The highest BCUT2D eigenvalue weighted by Gasteiger charge is 2.35. The van der Waals surface area contributed by atoms with Crippen LogP contribution in [0.5, 0.6) is 11.5 Å². The Bertz CT molecular complexity index is 1170. The fourth-order valence-electron chi connectivity index (χ4n) is 2.79. The summed E-state index contributed by atoms with van der Waals surface area (Å²) in [6.07, 6.45) is -4.69. The lowest BCUT2D eigenvalue weighted by molar-refractivity contribution is -0.138. The van der Waals surface area contributed by atoms with Gasteiger partial charge in [0.15, 0.2) is 5.75 Å². The number of halogens is 3. The van der Waals surface area contributed by atoms with Gasteiger partial charge < -0.3 is 10.1 Å². The Morgan fingerprint density at radius 1 is 1.16 bits per heavy atom. The molecule has 164 valence electrons. The van der Waals surface area contributed by atoms with E-state index in [1.54, 1.807) is 42.5 Å². The number of carbonyl (C=O) groups excluding carboxylic acids is 1. The maximum Gasteiger partial charge on any atom is 0.417 e. The normalized spacial score (nSPS) is 11.0. The number of aromatic nitrogens is 1. The van der Waals surface area contributed by atoms with E-state index < -0.39 is 23.2 Å². The van der Waals surface area contributed by atoms with Crippen LogP contribution in [-0.4, -0.2) is 16.6 Å². The molecule has 1 N–H and O–H groups in total. The van der Waals surface area contributed by atoms with Crippen molar-refractivity contribution in [3.05, 3.63) is 77.0 Å². The van der Waals surface area contributed by atoms with Crippen molar-refractivity contribution >= 4 is 23.4 Å². The molecule has 0 saturated heterocycles. The molecule has 0 radical (unpaired) electrons. The van der Waals surface area contributed by atoms with Gasteiger partial charge in [-0.05, 0) is 44.2 Å². The molecule has 0 saturated carbocycles. The number of rotatable bonds is 6. The summed E-state index contributed by atoms with van der Waals surface area (Å²) in [5.74, 6) is 0.298. The number of nitrogens with zero attached hydrogens (tertiary/aromatic N) is 2. The van der Waals surface area contributed by atoms with Gasteiger partial charge in [-0.15, -0.1) is 0 Å². The molecule has 0 bridgehead atoms. The SMILES string of the molecule is Cc1ccc(Oc2ccccc2NC(=O)CSc2nc(C)cc(C(F)(F)F)c2C#N)cc1. The molecule has 0 aliphatic heterocycles. The smallest absolute Gasteiger partial charge is 0.417 e. The van der Waals surface area contributed by atoms with Gasteiger partial charge in [-0.1, -0.05) is 41.6 Å². The van der Waals surface area contributed by atoms with Crippen molar-refractivity contribution < 1.29 is 22.7 Å². The number of alkyl halides is 3. The monoisotopic (exact) mass is 457 g/mol. The molecule has 32 heavy (non-hydrogen) atoms. The lowest BCUT2D eigenvalue weighted by Crippen LogP contribution is -2.15. The Balaban J connectivity index is 1.73. The van der Waals surface area contributed by atoms with E-state index in [-0.39, 0.29) is 16.5 Å². The van der Waals surface area contributed by atoms with Gasteiger partial charge in [0.2, 0.25) is 5.91 Å². The Hall–Kier alpha value is -3.51. The first kappa shape index (κ1) is 23.2. The van der Waals surface area contributed by atoms with Crippen molar-refractivity contribution in [2.24, 2.45) is 0 Å². The number of hydrogen-bond acceptors (Lipinski definition) is 5. The highest BCUT2D eigenvalue weighted by atomic mass is 32.2. The van der Waals surface area contributed by atoms with Crippen LogP contribution in [0.25, 0.3) is 0 Å². The minimum Gasteiger partial charge on any atom is -0.455 e. The van der Waals surface area contributed by atoms with Crippen molar-refractivity contribution in [3.63, 3.8) is 0 Å². The van der Waals surface area contributed by atoms with E-state index in [1.165, 1.54) is 6.92 Å². The first-order chi connectivity index (χ1) is 15.2. The van der Waals surface area contributed by atoms with Gasteiger partial charge in [-0.25, -0.2) is 4.98 Å². The number of aryl methyl sites for hydroxylation is 2. The summed E-state index contributed by atoms with van der Waals surface area (Å²) in [5.41, 5.74) is -0.0640. The zero-order valence-electron chi connectivity index (χ0n) is 17.2. The van der Waals surface area contributed by atoms with E-state index in [1.807, 2.05) is 19.1 Å². The second-order valence-corrected chi connectivity index (χ2v) is 7.81. The summed E-state index contributed by atoms with van der Waals surface area (Å²) < 4.78 is 45.6. The van der Waals surface area contributed by atoms with E-state index >= 15 is 0 Å². The molecule has 0 aliphatic rings. The number of nitrogens with one attached hydrogen (secondary N) is 1. The second kappa shape index (κ2) is 9.75. The quantitative estimate of drug-likeness (QED) is 0.452. The highest BCUT2D eigenvalue weighted by molar-refractivity contribution is 8.00. The average Bonchev–Trinajstić information content (AvgIpc) is 2.74. The summed E-state index contributed by atoms with van der Waals surface area (Å²) in [6, 6.07) is 16.6. The van der Waals surface area contributed by atoms with Crippen LogP contribution in [-0.2, 0) is 11.0 Å². The van der Waals surface area contributed by atoms with Gasteiger partial charge in [-0.2, -0.15) is 18.4 Å². The molecule has 0 fully saturated rings. The number of para-hydroxylation sites is 2. The predicted octanol–water partition coefficient (Wildman–Crippen LogP) is 6.11. The van der Waals surface area contributed by atoms with Gasteiger partial charge in [0.25, 0.3) is 0 Å². The first-order valence-electron chi connectivity index (χ1n) is 9.42. The number of carbonyl (C=O) groups is 1. The third kappa shape index (κ3) is 5.80. The fourth-order valence-corrected chi connectivity index (χ4v) is 3.64. The Morgan fingerprint density at radius 3 is 2.50 bits per heavy atom. The molecule has 0 aliphatic carbocycles. The largest absolute Gasteiger partial charge is 0.455 e. The molecule has 0 unspecified atom stereocenters.